The normalized spacial score (nSPS) is 10.3. The second kappa shape index (κ2) is 5.06. The molecule has 0 spiro atoms. The molecule has 92 valence electrons. The SMILES string of the molecule is O=C(O)Cn1cc(-c2ccccc2Cl)ccc1=O. The number of nitrogens with zero attached hydrogens (tertiary/aromatic N) is 1. The van der Waals surface area contributed by atoms with Crippen LogP contribution in [-0.4, -0.2) is 15.6 Å². The molecular weight excluding hydrogens is 254 g/mol. The molecule has 18 heavy (non-hydrogen) atoms. The second-order valence-corrected chi connectivity index (χ2v) is 4.16. The largest absolute Gasteiger partial charge is 0.480 e. The summed E-state index contributed by atoms with van der Waals surface area (Å²) >= 11 is 6.05. The highest BCUT2D eigenvalue weighted by Crippen LogP contribution is 2.26. The lowest BCUT2D eigenvalue weighted by Gasteiger charge is -2.07. The van der Waals surface area contributed by atoms with E-state index >= 15 is 0 Å². The molecule has 0 atom stereocenters. The highest BCUT2D eigenvalue weighted by molar-refractivity contribution is 6.33. The summed E-state index contributed by atoms with van der Waals surface area (Å²) in [7, 11) is 0. The first-order chi connectivity index (χ1) is 8.58. The van der Waals surface area contributed by atoms with Gasteiger partial charge in [-0.15, -0.1) is 0 Å². The number of pyridine rings is 1. The summed E-state index contributed by atoms with van der Waals surface area (Å²) in [6.07, 6.45) is 1.50. The lowest BCUT2D eigenvalue weighted by Crippen LogP contribution is -2.22. The van der Waals surface area contributed by atoms with Crippen LogP contribution < -0.4 is 5.56 Å². The molecule has 0 saturated carbocycles. The first-order valence-corrected chi connectivity index (χ1v) is 5.63. The van der Waals surface area contributed by atoms with Crippen LogP contribution in [0.3, 0.4) is 0 Å². The maximum Gasteiger partial charge on any atom is 0.323 e. The summed E-state index contributed by atoms with van der Waals surface area (Å²) in [4.78, 5) is 22.1. The number of halogens is 1. The lowest BCUT2D eigenvalue weighted by atomic mass is 10.1. The Bertz CT molecular complexity index is 649. The molecule has 1 heterocycles. The van der Waals surface area contributed by atoms with E-state index in [1.54, 1.807) is 18.2 Å². The van der Waals surface area contributed by atoms with Crippen LogP contribution in [0.4, 0.5) is 0 Å². The van der Waals surface area contributed by atoms with E-state index in [0.717, 1.165) is 10.1 Å². The van der Waals surface area contributed by atoms with Gasteiger partial charge in [-0.05, 0) is 17.7 Å². The fourth-order valence-electron chi connectivity index (χ4n) is 1.66. The van der Waals surface area contributed by atoms with Crippen molar-refractivity contribution < 1.29 is 9.90 Å². The molecular formula is C13H10ClNO3. The molecule has 0 bridgehead atoms. The quantitative estimate of drug-likeness (QED) is 0.924. The molecule has 0 aliphatic rings. The maximum atomic E-state index is 11.5. The third kappa shape index (κ3) is 2.60. The Hall–Kier alpha value is -2.07. The van der Waals surface area contributed by atoms with Crippen molar-refractivity contribution in [3.63, 3.8) is 0 Å². The predicted octanol–water partition coefficient (Wildman–Crippen LogP) is 2.25. The van der Waals surface area contributed by atoms with Gasteiger partial charge in [0.2, 0.25) is 0 Å². The van der Waals surface area contributed by atoms with E-state index in [9.17, 15) is 9.59 Å². The van der Waals surface area contributed by atoms with Gasteiger partial charge in [0.15, 0.2) is 0 Å². The standard InChI is InChI=1S/C13H10ClNO3/c14-11-4-2-1-3-10(11)9-5-6-12(16)15(7-9)8-13(17)18/h1-7H,8H2,(H,17,18). The summed E-state index contributed by atoms with van der Waals surface area (Å²) in [6, 6.07) is 10.1. The van der Waals surface area contributed by atoms with Crippen molar-refractivity contribution in [1.82, 2.24) is 4.57 Å². The van der Waals surface area contributed by atoms with E-state index in [0.29, 0.717) is 10.6 Å². The Morgan fingerprint density at radius 2 is 1.94 bits per heavy atom. The van der Waals surface area contributed by atoms with Crippen molar-refractivity contribution in [2.24, 2.45) is 0 Å². The van der Waals surface area contributed by atoms with Crippen LogP contribution in [0.1, 0.15) is 0 Å². The van der Waals surface area contributed by atoms with Crippen molar-refractivity contribution in [1.29, 1.82) is 0 Å². The number of carboxylic acids is 1. The number of carbonyl (C=O) groups is 1. The molecule has 1 N–H and O–H groups in total. The van der Waals surface area contributed by atoms with Gasteiger partial charge in [0.05, 0.1) is 0 Å². The van der Waals surface area contributed by atoms with E-state index in [2.05, 4.69) is 0 Å². The minimum absolute atomic E-state index is 0.354. The van der Waals surface area contributed by atoms with Crippen molar-refractivity contribution >= 4 is 17.6 Å². The van der Waals surface area contributed by atoms with Gasteiger partial charge in [-0.1, -0.05) is 29.8 Å². The highest BCUT2D eigenvalue weighted by atomic mass is 35.5. The molecule has 5 heteroatoms. The summed E-state index contributed by atoms with van der Waals surface area (Å²) in [5.74, 6) is -1.06. The molecule has 4 nitrogen and oxygen atoms in total. The van der Waals surface area contributed by atoms with Crippen LogP contribution in [0.25, 0.3) is 11.1 Å². The second-order valence-electron chi connectivity index (χ2n) is 3.76. The fraction of sp³-hybridized carbons (Fsp3) is 0.0769. The van der Waals surface area contributed by atoms with Gasteiger partial charge in [0.1, 0.15) is 6.54 Å². The number of aromatic nitrogens is 1. The van der Waals surface area contributed by atoms with E-state index in [1.807, 2.05) is 12.1 Å². The van der Waals surface area contributed by atoms with Gasteiger partial charge in [-0.3, -0.25) is 9.59 Å². The van der Waals surface area contributed by atoms with Gasteiger partial charge in [-0.25, -0.2) is 0 Å². The number of hydrogen-bond acceptors (Lipinski definition) is 2. The molecule has 0 saturated heterocycles. The molecule has 0 radical (unpaired) electrons. The van der Waals surface area contributed by atoms with Gasteiger partial charge >= 0.3 is 5.97 Å². The summed E-state index contributed by atoms with van der Waals surface area (Å²) in [5, 5.41) is 9.28. The Balaban J connectivity index is 2.51. The van der Waals surface area contributed by atoms with E-state index < -0.39 is 5.97 Å². The fourth-order valence-corrected chi connectivity index (χ4v) is 1.90. The number of carboxylic acid groups (broad SMARTS) is 1. The van der Waals surface area contributed by atoms with Crippen molar-refractivity contribution in [3.8, 4) is 11.1 Å². The summed E-state index contributed by atoms with van der Waals surface area (Å²) < 4.78 is 1.14. The van der Waals surface area contributed by atoms with Gasteiger partial charge in [0, 0.05) is 22.8 Å². The first kappa shape index (κ1) is 12.4. The number of rotatable bonds is 3. The molecule has 1 aromatic heterocycles. The monoisotopic (exact) mass is 263 g/mol. The van der Waals surface area contributed by atoms with Crippen LogP contribution in [-0.2, 0) is 11.3 Å². The first-order valence-electron chi connectivity index (χ1n) is 5.25. The Morgan fingerprint density at radius 3 is 2.61 bits per heavy atom. The third-order valence-electron chi connectivity index (χ3n) is 2.47. The number of benzene rings is 1. The summed E-state index contributed by atoms with van der Waals surface area (Å²) in [6.45, 7) is -0.364. The van der Waals surface area contributed by atoms with Crippen LogP contribution >= 0.6 is 11.6 Å². The molecule has 0 unspecified atom stereocenters. The zero-order valence-corrected chi connectivity index (χ0v) is 10.1. The molecule has 2 rings (SSSR count). The smallest absolute Gasteiger partial charge is 0.323 e. The van der Waals surface area contributed by atoms with Crippen LogP contribution in [0.2, 0.25) is 5.02 Å². The average molecular weight is 264 g/mol. The van der Waals surface area contributed by atoms with E-state index in [1.165, 1.54) is 12.3 Å². The average Bonchev–Trinajstić information content (AvgIpc) is 2.32. The molecule has 1 aromatic carbocycles. The maximum absolute atomic E-state index is 11.5. The minimum Gasteiger partial charge on any atom is -0.480 e. The summed E-state index contributed by atoms with van der Waals surface area (Å²) in [5.41, 5.74) is 1.12. The van der Waals surface area contributed by atoms with E-state index in [-0.39, 0.29) is 12.1 Å². The molecule has 0 amide bonds. The van der Waals surface area contributed by atoms with E-state index in [4.69, 9.17) is 16.7 Å². The molecule has 0 fully saturated rings. The molecule has 2 aromatic rings. The Kier molecular flexibility index (Phi) is 3.48. The molecule has 0 aliphatic heterocycles. The topological polar surface area (TPSA) is 59.3 Å². The highest BCUT2D eigenvalue weighted by Gasteiger charge is 2.06. The van der Waals surface area contributed by atoms with Crippen molar-refractivity contribution in [2.45, 2.75) is 6.54 Å². The van der Waals surface area contributed by atoms with Gasteiger partial charge in [0.25, 0.3) is 5.56 Å². The Morgan fingerprint density at radius 1 is 1.22 bits per heavy atom. The van der Waals surface area contributed by atoms with Gasteiger partial charge in [-0.2, -0.15) is 0 Å². The van der Waals surface area contributed by atoms with Crippen LogP contribution in [0.5, 0.6) is 0 Å². The van der Waals surface area contributed by atoms with Crippen molar-refractivity contribution in [3.05, 3.63) is 58.0 Å². The van der Waals surface area contributed by atoms with Gasteiger partial charge < -0.3 is 9.67 Å². The zero-order valence-electron chi connectivity index (χ0n) is 9.34. The number of hydrogen-bond donors (Lipinski definition) is 1. The molecule has 0 aliphatic carbocycles. The van der Waals surface area contributed by atoms with Crippen LogP contribution in [0.15, 0.2) is 47.4 Å². The predicted molar refractivity (Wildman–Crippen MR) is 68.8 cm³/mol. The lowest BCUT2D eigenvalue weighted by molar-refractivity contribution is -0.137. The zero-order chi connectivity index (χ0) is 13.1. The third-order valence-corrected chi connectivity index (χ3v) is 2.80. The van der Waals surface area contributed by atoms with Crippen LogP contribution in [0, 0.1) is 0 Å². The minimum atomic E-state index is -1.06. The van der Waals surface area contributed by atoms with Crippen molar-refractivity contribution in [2.75, 3.05) is 0 Å². The number of aliphatic carboxylic acids is 1. The Labute approximate surface area is 108 Å².